The summed E-state index contributed by atoms with van der Waals surface area (Å²) < 4.78 is 19.9. The Balaban J connectivity index is 1.90. The SMILES string of the molecule is CCNC(=NCCCN(C)C)NC(C)c1ccc(OCC2CC2)c(F)c1. The van der Waals surface area contributed by atoms with E-state index in [4.69, 9.17) is 4.74 Å². The van der Waals surface area contributed by atoms with Crippen LogP contribution in [0, 0.1) is 11.7 Å². The number of benzene rings is 1. The number of aliphatic imine (C=N–C) groups is 1. The molecule has 0 radical (unpaired) electrons. The maximum Gasteiger partial charge on any atom is 0.191 e. The quantitative estimate of drug-likeness (QED) is 0.380. The highest BCUT2D eigenvalue weighted by atomic mass is 19.1. The van der Waals surface area contributed by atoms with E-state index in [0.717, 1.165) is 37.6 Å². The average molecular weight is 365 g/mol. The van der Waals surface area contributed by atoms with E-state index in [0.29, 0.717) is 18.3 Å². The molecule has 1 unspecified atom stereocenters. The Hall–Kier alpha value is -1.82. The topological polar surface area (TPSA) is 48.9 Å². The lowest BCUT2D eigenvalue weighted by Gasteiger charge is -2.19. The Kier molecular flexibility index (Phi) is 8.16. The summed E-state index contributed by atoms with van der Waals surface area (Å²) in [4.78, 5) is 6.74. The largest absolute Gasteiger partial charge is 0.490 e. The number of guanidine groups is 1. The van der Waals surface area contributed by atoms with E-state index in [1.165, 1.54) is 12.8 Å². The molecule has 1 atom stereocenters. The molecule has 2 N–H and O–H groups in total. The van der Waals surface area contributed by atoms with Gasteiger partial charge in [0.25, 0.3) is 0 Å². The predicted molar refractivity (Wildman–Crippen MR) is 105 cm³/mol. The van der Waals surface area contributed by atoms with Crippen LogP contribution >= 0.6 is 0 Å². The standard InChI is InChI=1S/C20H33FN4O/c1-5-22-20(23-11-6-12-25(3)4)24-15(2)17-9-10-19(18(21)13-17)26-14-16-7-8-16/h9-10,13,15-16H,5-8,11-12,14H2,1-4H3,(H2,22,23,24). The molecule has 0 spiro atoms. The lowest BCUT2D eigenvalue weighted by Crippen LogP contribution is -2.39. The number of nitrogens with one attached hydrogen (secondary N) is 2. The molecule has 1 aliphatic carbocycles. The summed E-state index contributed by atoms with van der Waals surface area (Å²) in [7, 11) is 4.11. The fourth-order valence-corrected chi connectivity index (χ4v) is 2.58. The molecule has 1 fully saturated rings. The molecule has 0 aromatic heterocycles. The van der Waals surface area contributed by atoms with Gasteiger partial charge < -0.3 is 20.3 Å². The average Bonchev–Trinajstić information content (AvgIpc) is 3.41. The molecular formula is C20H33FN4O. The molecule has 6 heteroatoms. The van der Waals surface area contributed by atoms with E-state index in [1.54, 1.807) is 12.1 Å². The minimum atomic E-state index is -0.301. The summed E-state index contributed by atoms with van der Waals surface area (Å²) in [6.45, 7) is 7.21. The highest BCUT2D eigenvalue weighted by Gasteiger charge is 2.22. The summed E-state index contributed by atoms with van der Waals surface area (Å²) in [6, 6.07) is 5.15. The monoisotopic (exact) mass is 364 g/mol. The van der Waals surface area contributed by atoms with Crippen LogP contribution in [0.4, 0.5) is 4.39 Å². The van der Waals surface area contributed by atoms with Gasteiger partial charge >= 0.3 is 0 Å². The first-order valence-electron chi connectivity index (χ1n) is 9.61. The smallest absolute Gasteiger partial charge is 0.191 e. The first-order chi connectivity index (χ1) is 12.5. The summed E-state index contributed by atoms with van der Waals surface area (Å²) in [5.74, 6) is 1.41. The van der Waals surface area contributed by atoms with Crippen LogP contribution in [-0.2, 0) is 0 Å². The lowest BCUT2D eigenvalue weighted by atomic mass is 10.1. The maximum atomic E-state index is 14.3. The van der Waals surface area contributed by atoms with Crippen molar-refractivity contribution in [2.45, 2.75) is 39.2 Å². The zero-order valence-electron chi connectivity index (χ0n) is 16.5. The van der Waals surface area contributed by atoms with Crippen molar-refractivity contribution >= 4 is 5.96 Å². The van der Waals surface area contributed by atoms with Crippen LogP contribution in [0.2, 0.25) is 0 Å². The molecule has 0 amide bonds. The molecule has 1 aliphatic rings. The highest BCUT2D eigenvalue weighted by Crippen LogP contribution is 2.30. The van der Waals surface area contributed by atoms with Gasteiger partial charge in [-0.1, -0.05) is 6.07 Å². The van der Waals surface area contributed by atoms with Crippen LogP contribution in [-0.4, -0.2) is 51.2 Å². The Morgan fingerprint density at radius 2 is 2.15 bits per heavy atom. The van der Waals surface area contributed by atoms with E-state index in [-0.39, 0.29) is 11.9 Å². The van der Waals surface area contributed by atoms with Gasteiger partial charge in [0.1, 0.15) is 0 Å². The van der Waals surface area contributed by atoms with Crippen molar-refractivity contribution in [2.75, 3.05) is 40.3 Å². The third-order valence-corrected chi connectivity index (χ3v) is 4.36. The lowest BCUT2D eigenvalue weighted by molar-refractivity contribution is 0.285. The van der Waals surface area contributed by atoms with Crippen molar-refractivity contribution in [3.05, 3.63) is 29.6 Å². The number of hydrogen-bond acceptors (Lipinski definition) is 3. The van der Waals surface area contributed by atoms with Crippen molar-refractivity contribution in [1.29, 1.82) is 0 Å². The zero-order chi connectivity index (χ0) is 18.9. The molecule has 26 heavy (non-hydrogen) atoms. The van der Waals surface area contributed by atoms with Gasteiger partial charge in [-0.3, -0.25) is 4.99 Å². The second-order valence-electron chi connectivity index (χ2n) is 7.23. The van der Waals surface area contributed by atoms with Crippen molar-refractivity contribution in [2.24, 2.45) is 10.9 Å². The summed E-state index contributed by atoms with van der Waals surface area (Å²) in [5.41, 5.74) is 0.875. The summed E-state index contributed by atoms with van der Waals surface area (Å²) in [6.07, 6.45) is 3.39. The molecular weight excluding hydrogens is 331 g/mol. The Bertz CT molecular complexity index is 587. The summed E-state index contributed by atoms with van der Waals surface area (Å²) in [5, 5.41) is 6.59. The second-order valence-corrected chi connectivity index (χ2v) is 7.23. The Morgan fingerprint density at radius 1 is 1.38 bits per heavy atom. The van der Waals surface area contributed by atoms with Crippen LogP contribution < -0.4 is 15.4 Å². The Morgan fingerprint density at radius 3 is 2.77 bits per heavy atom. The molecule has 0 bridgehead atoms. The fourth-order valence-electron chi connectivity index (χ4n) is 2.58. The van der Waals surface area contributed by atoms with Crippen molar-refractivity contribution in [3.8, 4) is 5.75 Å². The third kappa shape index (κ3) is 7.20. The number of nitrogens with zero attached hydrogens (tertiary/aromatic N) is 2. The molecule has 2 rings (SSSR count). The predicted octanol–water partition coefficient (Wildman–Crippen LogP) is 3.18. The van der Waals surface area contributed by atoms with E-state index in [2.05, 4.69) is 34.6 Å². The van der Waals surface area contributed by atoms with Gasteiger partial charge in [-0.15, -0.1) is 0 Å². The first kappa shape index (κ1) is 20.5. The molecule has 1 aromatic rings. The van der Waals surface area contributed by atoms with Gasteiger partial charge in [-0.25, -0.2) is 4.39 Å². The van der Waals surface area contributed by atoms with Gasteiger partial charge in [0.05, 0.1) is 12.6 Å². The van der Waals surface area contributed by atoms with E-state index in [9.17, 15) is 4.39 Å². The molecule has 1 saturated carbocycles. The zero-order valence-corrected chi connectivity index (χ0v) is 16.5. The summed E-state index contributed by atoms with van der Waals surface area (Å²) >= 11 is 0. The first-order valence-corrected chi connectivity index (χ1v) is 9.61. The number of ether oxygens (including phenoxy) is 1. The van der Waals surface area contributed by atoms with Crippen molar-refractivity contribution in [1.82, 2.24) is 15.5 Å². The van der Waals surface area contributed by atoms with E-state index in [1.807, 2.05) is 19.9 Å². The molecule has 146 valence electrons. The van der Waals surface area contributed by atoms with Gasteiger partial charge in [-0.2, -0.15) is 0 Å². The molecule has 0 saturated heterocycles. The van der Waals surface area contributed by atoms with Crippen LogP contribution in [0.5, 0.6) is 5.75 Å². The second kappa shape index (κ2) is 10.4. The molecule has 0 heterocycles. The minimum Gasteiger partial charge on any atom is -0.490 e. The van der Waals surface area contributed by atoms with E-state index >= 15 is 0 Å². The van der Waals surface area contributed by atoms with Gasteiger partial charge in [0, 0.05) is 13.1 Å². The van der Waals surface area contributed by atoms with Gasteiger partial charge in [0.15, 0.2) is 17.5 Å². The van der Waals surface area contributed by atoms with Crippen molar-refractivity contribution in [3.63, 3.8) is 0 Å². The maximum absolute atomic E-state index is 14.3. The van der Waals surface area contributed by atoms with Crippen LogP contribution in [0.25, 0.3) is 0 Å². The normalized spacial score (nSPS) is 15.8. The van der Waals surface area contributed by atoms with E-state index < -0.39 is 0 Å². The van der Waals surface area contributed by atoms with Gasteiger partial charge in [-0.05, 0) is 77.4 Å². The molecule has 0 aliphatic heterocycles. The van der Waals surface area contributed by atoms with Crippen LogP contribution in [0.3, 0.4) is 0 Å². The fraction of sp³-hybridized carbons (Fsp3) is 0.650. The number of rotatable bonds is 10. The molecule has 1 aromatic carbocycles. The van der Waals surface area contributed by atoms with Crippen molar-refractivity contribution < 1.29 is 9.13 Å². The Labute approximate surface area is 157 Å². The minimum absolute atomic E-state index is 0.0476. The molecule has 5 nitrogen and oxygen atoms in total. The van der Waals surface area contributed by atoms with Crippen LogP contribution in [0.15, 0.2) is 23.2 Å². The highest BCUT2D eigenvalue weighted by molar-refractivity contribution is 5.80. The number of halogens is 1. The third-order valence-electron chi connectivity index (χ3n) is 4.36. The van der Waals surface area contributed by atoms with Gasteiger partial charge in [0.2, 0.25) is 0 Å². The number of hydrogen-bond donors (Lipinski definition) is 2. The van der Waals surface area contributed by atoms with Crippen LogP contribution in [0.1, 0.15) is 44.7 Å².